The Bertz CT molecular complexity index is 487. The van der Waals surface area contributed by atoms with Crippen LogP contribution in [0.1, 0.15) is 19.3 Å². The predicted molar refractivity (Wildman–Crippen MR) is 116 cm³/mol. The molecule has 182 valence electrons. The number of amides is 2. The molecule has 0 spiro atoms. The number of hydrogen-bond acceptors (Lipinski definition) is 9. The summed E-state index contributed by atoms with van der Waals surface area (Å²) >= 11 is 0. The number of aliphatic carboxylic acids is 1. The molecule has 0 aromatic heterocycles. The molecule has 2 atom stereocenters. The number of carboxylic acid groups (broad SMARTS) is 1. The van der Waals surface area contributed by atoms with Gasteiger partial charge in [0.1, 0.15) is 19.3 Å². The summed E-state index contributed by atoms with van der Waals surface area (Å²) in [5, 5.41) is 16.9. The first-order valence-electron chi connectivity index (χ1n) is 10.2. The first kappa shape index (κ1) is 29.6. The standard InChI is InChI=1S/C18H37N4O8P/c19-4-7-27-9-11-29-14-17(24)21-6-8-28-10-12-30-13-16(23)20-5-2-1-3-15(22-31)18(25)26/h15,22H,1-14,19,31H2,(H,20,23)(H,21,24)(H,25,26)/t15-/m0/s1. The Hall–Kier alpha value is -1.40. The largest absolute Gasteiger partial charge is 0.480 e. The highest BCUT2D eigenvalue weighted by Crippen LogP contribution is 2.02. The third kappa shape index (κ3) is 20.3. The van der Waals surface area contributed by atoms with Crippen LogP contribution in [0.5, 0.6) is 0 Å². The zero-order valence-corrected chi connectivity index (χ0v) is 19.1. The molecule has 0 aromatic rings. The average Bonchev–Trinajstić information content (AvgIpc) is 2.74. The molecule has 0 aliphatic heterocycles. The molecule has 6 N–H and O–H groups in total. The van der Waals surface area contributed by atoms with Gasteiger partial charge < -0.3 is 40.4 Å². The van der Waals surface area contributed by atoms with E-state index in [9.17, 15) is 14.4 Å². The van der Waals surface area contributed by atoms with Crippen molar-refractivity contribution in [1.82, 2.24) is 15.7 Å². The second-order valence-corrected chi connectivity index (χ2v) is 6.71. The third-order valence-corrected chi connectivity index (χ3v) is 4.18. The Kier molecular flexibility index (Phi) is 20.8. The molecule has 13 heteroatoms. The lowest BCUT2D eigenvalue weighted by molar-refractivity contribution is -0.139. The monoisotopic (exact) mass is 468 g/mol. The summed E-state index contributed by atoms with van der Waals surface area (Å²) in [7, 11) is 2.20. The van der Waals surface area contributed by atoms with Crippen LogP contribution in [0.2, 0.25) is 0 Å². The molecule has 0 radical (unpaired) electrons. The fraction of sp³-hybridized carbons (Fsp3) is 0.833. The molecule has 0 aromatic carbocycles. The summed E-state index contributed by atoms with van der Waals surface area (Å²) in [6.07, 6.45) is 1.85. The maximum absolute atomic E-state index is 11.6. The topological polar surface area (TPSA) is 170 Å². The van der Waals surface area contributed by atoms with E-state index in [0.717, 1.165) is 0 Å². The second-order valence-electron chi connectivity index (χ2n) is 6.37. The van der Waals surface area contributed by atoms with Crippen LogP contribution in [0, 0.1) is 0 Å². The summed E-state index contributed by atoms with van der Waals surface area (Å²) in [5.41, 5.74) is 5.27. The van der Waals surface area contributed by atoms with Gasteiger partial charge in [0.25, 0.3) is 0 Å². The highest BCUT2D eigenvalue weighted by Gasteiger charge is 2.13. The minimum Gasteiger partial charge on any atom is -0.480 e. The number of unbranched alkanes of at least 4 members (excludes halogenated alkanes) is 1. The number of hydrogen-bond donors (Lipinski definition) is 5. The molecule has 0 aliphatic carbocycles. The first-order chi connectivity index (χ1) is 15.0. The van der Waals surface area contributed by atoms with Gasteiger partial charge in [-0.1, -0.05) is 9.39 Å². The Balaban J connectivity index is 3.38. The summed E-state index contributed by atoms with van der Waals surface area (Å²) < 4.78 is 20.8. The molecule has 31 heavy (non-hydrogen) atoms. The lowest BCUT2D eigenvalue weighted by Crippen LogP contribution is -2.32. The van der Waals surface area contributed by atoms with E-state index in [1.807, 2.05) is 0 Å². The number of carbonyl (C=O) groups excluding carboxylic acids is 2. The van der Waals surface area contributed by atoms with Gasteiger partial charge in [0, 0.05) is 19.6 Å². The van der Waals surface area contributed by atoms with E-state index in [-0.39, 0.29) is 31.6 Å². The minimum atomic E-state index is -0.897. The molecule has 0 bridgehead atoms. The minimum absolute atomic E-state index is 0.0427. The van der Waals surface area contributed by atoms with Crippen LogP contribution < -0.4 is 21.5 Å². The van der Waals surface area contributed by atoms with Crippen molar-refractivity contribution in [3.63, 3.8) is 0 Å². The Morgan fingerprint density at radius 3 is 1.90 bits per heavy atom. The van der Waals surface area contributed by atoms with Crippen molar-refractivity contribution in [1.29, 1.82) is 0 Å². The van der Waals surface area contributed by atoms with Gasteiger partial charge in [0.2, 0.25) is 11.8 Å². The number of nitrogens with one attached hydrogen (secondary N) is 3. The van der Waals surface area contributed by atoms with E-state index >= 15 is 0 Å². The fourth-order valence-electron chi connectivity index (χ4n) is 2.20. The van der Waals surface area contributed by atoms with Gasteiger partial charge >= 0.3 is 5.97 Å². The Labute approximate surface area is 185 Å². The van der Waals surface area contributed by atoms with E-state index in [4.69, 9.17) is 29.8 Å². The summed E-state index contributed by atoms with van der Waals surface area (Å²) in [5.74, 6) is -1.37. The summed E-state index contributed by atoms with van der Waals surface area (Å²) in [6.45, 7) is 3.23. The molecule has 0 rings (SSSR count). The highest BCUT2D eigenvalue weighted by molar-refractivity contribution is 7.13. The van der Waals surface area contributed by atoms with Crippen molar-refractivity contribution in [3.05, 3.63) is 0 Å². The van der Waals surface area contributed by atoms with Gasteiger partial charge in [0.15, 0.2) is 0 Å². The van der Waals surface area contributed by atoms with E-state index in [0.29, 0.717) is 71.9 Å². The van der Waals surface area contributed by atoms with Crippen LogP contribution in [-0.2, 0) is 33.3 Å². The summed E-state index contributed by atoms with van der Waals surface area (Å²) in [4.78, 5) is 33.9. The fourth-order valence-corrected chi connectivity index (χ4v) is 2.51. The molecule has 2 amide bonds. The molecule has 1 unspecified atom stereocenters. The molecule has 0 heterocycles. The van der Waals surface area contributed by atoms with E-state index in [1.54, 1.807) is 0 Å². The number of carbonyl (C=O) groups is 3. The zero-order chi connectivity index (χ0) is 23.2. The third-order valence-electron chi connectivity index (χ3n) is 3.78. The molecular weight excluding hydrogens is 431 g/mol. The summed E-state index contributed by atoms with van der Waals surface area (Å²) in [6, 6.07) is -0.600. The van der Waals surface area contributed by atoms with Crippen molar-refractivity contribution in [2.24, 2.45) is 5.73 Å². The quantitative estimate of drug-likeness (QED) is 0.0906. The van der Waals surface area contributed by atoms with E-state index in [1.165, 1.54) is 0 Å². The van der Waals surface area contributed by atoms with Crippen molar-refractivity contribution < 1.29 is 38.4 Å². The van der Waals surface area contributed by atoms with Crippen LogP contribution in [-0.4, -0.2) is 101 Å². The zero-order valence-electron chi connectivity index (χ0n) is 17.9. The second kappa shape index (κ2) is 21.8. The van der Waals surface area contributed by atoms with Crippen LogP contribution in [0.15, 0.2) is 0 Å². The van der Waals surface area contributed by atoms with Gasteiger partial charge in [-0.05, 0) is 19.3 Å². The number of carboxylic acids is 1. The maximum atomic E-state index is 11.6. The number of rotatable bonds is 22. The normalized spacial score (nSPS) is 11.8. The first-order valence-corrected chi connectivity index (χ1v) is 10.8. The smallest absolute Gasteiger partial charge is 0.320 e. The lowest BCUT2D eigenvalue weighted by atomic mass is 10.1. The molecule has 12 nitrogen and oxygen atoms in total. The Morgan fingerprint density at radius 1 is 0.806 bits per heavy atom. The molecule has 0 aliphatic rings. The van der Waals surface area contributed by atoms with Crippen molar-refractivity contribution in [2.45, 2.75) is 25.3 Å². The van der Waals surface area contributed by atoms with Crippen LogP contribution in [0.4, 0.5) is 0 Å². The van der Waals surface area contributed by atoms with Gasteiger partial charge in [-0.2, -0.15) is 0 Å². The molecular formula is C18H37N4O8P. The van der Waals surface area contributed by atoms with Crippen LogP contribution in [0.3, 0.4) is 0 Å². The van der Waals surface area contributed by atoms with Gasteiger partial charge in [0.05, 0.1) is 39.6 Å². The van der Waals surface area contributed by atoms with Crippen LogP contribution in [0.25, 0.3) is 0 Å². The van der Waals surface area contributed by atoms with Crippen LogP contribution >= 0.6 is 9.39 Å². The SMILES string of the molecule is NCCOCCOCC(=O)NCCOCCOCC(=O)NCCCC[C@H](NP)C(=O)O. The molecule has 0 saturated carbocycles. The molecule has 0 fully saturated rings. The Morgan fingerprint density at radius 2 is 1.35 bits per heavy atom. The van der Waals surface area contributed by atoms with E-state index < -0.39 is 12.0 Å². The van der Waals surface area contributed by atoms with Gasteiger partial charge in [-0.15, -0.1) is 0 Å². The lowest BCUT2D eigenvalue weighted by Gasteiger charge is -2.11. The average molecular weight is 468 g/mol. The number of nitrogens with two attached hydrogens (primary N) is 1. The van der Waals surface area contributed by atoms with Crippen molar-refractivity contribution >= 4 is 27.2 Å². The maximum Gasteiger partial charge on any atom is 0.320 e. The highest BCUT2D eigenvalue weighted by atomic mass is 31.0. The number of ether oxygens (including phenoxy) is 4. The van der Waals surface area contributed by atoms with Gasteiger partial charge in [-0.3, -0.25) is 19.5 Å². The van der Waals surface area contributed by atoms with E-state index in [2.05, 4.69) is 25.1 Å². The van der Waals surface area contributed by atoms with Gasteiger partial charge in [-0.25, -0.2) is 0 Å². The predicted octanol–water partition coefficient (Wildman–Crippen LogP) is -1.75. The molecule has 0 saturated heterocycles. The van der Waals surface area contributed by atoms with Crippen molar-refractivity contribution in [3.8, 4) is 0 Å². The van der Waals surface area contributed by atoms with Crippen molar-refractivity contribution in [2.75, 3.05) is 72.5 Å².